The van der Waals surface area contributed by atoms with Crippen molar-refractivity contribution in [1.29, 1.82) is 0 Å². The van der Waals surface area contributed by atoms with E-state index in [0.717, 1.165) is 25.7 Å². The van der Waals surface area contributed by atoms with Crippen LogP contribution in [0.15, 0.2) is 41.3 Å². The largest absolute Gasteiger partial charge is 0.497 e. The maximum Gasteiger partial charge on any atom is 0.416 e. The zero-order valence-corrected chi connectivity index (χ0v) is 17.9. The molecule has 0 bridgehead atoms. The van der Waals surface area contributed by atoms with E-state index in [1.807, 2.05) is 0 Å². The number of hydrogen-bond donors (Lipinski definition) is 2. The maximum absolute atomic E-state index is 13.2. The van der Waals surface area contributed by atoms with Gasteiger partial charge >= 0.3 is 12.1 Å². The second kappa shape index (κ2) is 9.37. The Morgan fingerprint density at radius 1 is 1.22 bits per heavy atom. The van der Waals surface area contributed by atoms with Crippen molar-refractivity contribution in [3.8, 4) is 11.5 Å². The number of benzene rings is 2. The van der Waals surface area contributed by atoms with Gasteiger partial charge in [-0.1, -0.05) is 18.6 Å². The Balaban J connectivity index is 1.97. The number of carboxylic acid groups (broad SMARTS) is 1. The summed E-state index contributed by atoms with van der Waals surface area (Å²) in [6.45, 7) is -0.545. The molecule has 2 N–H and O–H groups in total. The van der Waals surface area contributed by atoms with Gasteiger partial charge in [-0.15, -0.1) is 0 Å². The highest BCUT2D eigenvalue weighted by molar-refractivity contribution is 7.89. The predicted molar refractivity (Wildman–Crippen MR) is 108 cm³/mol. The first-order chi connectivity index (χ1) is 15.0. The second-order valence-electron chi connectivity index (χ2n) is 7.32. The molecule has 0 aliphatic heterocycles. The van der Waals surface area contributed by atoms with Gasteiger partial charge in [-0.05, 0) is 48.6 Å². The first-order valence-electron chi connectivity index (χ1n) is 9.76. The Morgan fingerprint density at radius 3 is 2.62 bits per heavy atom. The minimum absolute atomic E-state index is 0.231. The number of methoxy groups -OCH3 is 1. The summed E-state index contributed by atoms with van der Waals surface area (Å²) in [5, 5.41) is 8.88. The molecule has 1 aliphatic carbocycles. The lowest BCUT2D eigenvalue weighted by Crippen LogP contribution is -2.29. The summed E-state index contributed by atoms with van der Waals surface area (Å²) in [6, 6.07) is 6.54. The number of aliphatic carboxylic acids is 1. The van der Waals surface area contributed by atoms with Crippen molar-refractivity contribution in [2.24, 2.45) is 0 Å². The number of carboxylic acids is 1. The molecule has 32 heavy (non-hydrogen) atoms. The van der Waals surface area contributed by atoms with Gasteiger partial charge in [-0.25, -0.2) is 17.9 Å². The number of fused-ring (bicyclic) bond motifs is 1. The third-order valence-corrected chi connectivity index (χ3v) is 6.57. The van der Waals surface area contributed by atoms with Crippen molar-refractivity contribution in [1.82, 2.24) is 4.72 Å². The first-order valence-corrected chi connectivity index (χ1v) is 11.2. The maximum atomic E-state index is 13.2. The fourth-order valence-corrected chi connectivity index (χ4v) is 4.95. The average Bonchev–Trinajstić information content (AvgIpc) is 2.93. The molecule has 1 aliphatic rings. The molecule has 0 saturated carbocycles. The molecule has 1 unspecified atom stereocenters. The van der Waals surface area contributed by atoms with Crippen molar-refractivity contribution in [3.05, 3.63) is 53.1 Å². The molecule has 0 aromatic heterocycles. The first kappa shape index (κ1) is 23.9. The SMILES string of the molecule is COc1cc(C(F)(F)F)cc(S(=O)(=O)NC2CCCCc3c(OCC(=O)O)cccc32)c1. The monoisotopic (exact) mass is 473 g/mol. The van der Waals surface area contributed by atoms with Crippen LogP contribution in [0.1, 0.15) is 42.0 Å². The third-order valence-electron chi connectivity index (χ3n) is 5.12. The van der Waals surface area contributed by atoms with Gasteiger partial charge in [-0.3, -0.25) is 0 Å². The summed E-state index contributed by atoms with van der Waals surface area (Å²) in [5.74, 6) is -1.03. The fraction of sp³-hybridized carbons (Fsp3) is 0.381. The Morgan fingerprint density at radius 2 is 1.97 bits per heavy atom. The van der Waals surface area contributed by atoms with Gasteiger partial charge in [0.2, 0.25) is 10.0 Å². The number of nitrogens with one attached hydrogen (secondary N) is 1. The number of halogens is 3. The number of hydrogen-bond acceptors (Lipinski definition) is 5. The van der Waals surface area contributed by atoms with Crippen LogP contribution < -0.4 is 14.2 Å². The number of rotatable bonds is 7. The molecule has 0 fully saturated rings. The Kier molecular flexibility index (Phi) is 6.99. The quantitative estimate of drug-likeness (QED) is 0.591. The highest BCUT2D eigenvalue weighted by Gasteiger charge is 2.34. The van der Waals surface area contributed by atoms with Crippen LogP contribution in [0.2, 0.25) is 0 Å². The van der Waals surface area contributed by atoms with Gasteiger partial charge in [-0.2, -0.15) is 13.2 Å². The Hall–Kier alpha value is -2.79. The van der Waals surface area contributed by atoms with Crippen molar-refractivity contribution in [2.45, 2.75) is 42.8 Å². The standard InChI is InChI=1S/C21H22F3NO6S/c1-30-14-9-13(21(22,23)24)10-15(11-14)32(28,29)25-18-7-3-2-5-17-16(18)6-4-8-19(17)31-12-20(26)27/h4,6,8-11,18,25H,2-3,5,7,12H2,1H3,(H,26,27). The van der Waals surface area contributed by atoms with E-state index in [-0.39, 0.29) is 5.75 Å². The van der Waals surface area contributed by atoms with Gasteiger partial charge in [0.15, 0.2) is 6.61 Å². The molecule has 11 heteroatoms. The predicted octanol–water partition coefficient (Wildman–Crippen LogP) is 3.92. The van der Waals surface area contributed by atoms with Crippen molar-refractivity contribution >= 4 is 16.0 Å². The molecule has 2 aromatic rings. The average molecular weight is 473 g/mol. The zero-order valence-electron chi connectivity index (χ0n) is 17.1. The number of alkyl halides is 3. The molecule has 0 radical (unpaired) electrons. The van der Waals surface area contributed by atoms with Gasteiger partial charge in [0.1, 0.15) is 11.5 Å². The van der Waals surface area contributed by atoms with Crippen LogP contribution in [0, 0.1) is 0 Å². The number of sulfonamides is 1. The summed E-state index contributed by atoms with van der Waals surface area (Å²) in [6.07, 6.45) is -2.39. The molecule has 0 heterocycles. The van der Waals surface area contributed by atoms with Crippen LogP contribution >= 0.6 is 0 Å². The molecular weight excluding hydrogens is 451 g/mol. The lowest BCUT2D eigenvalue weighted by atomic mass is 9.99. The van der Waals surface area contributed by atoms with E-state index in [4.69, 9.17) is 14.6 Å². The summed E-state index contributed by atoms with van der Waals surface area (Å²) in [7, 11) is -3.19. The van der Waals surface area contributed by atoms with Crippen LogP contribution in [0.25, 0.3) is 0 Å². The molecule has 0 spiro atoms. The van der Waals surface area contributed by atoms with Crippen LogP contribution in [-0.4, -0.2) is 33.2 Å². The third kappa shape index (κ3) is 5.52. The molecule has 1 atom stereocenters. The van der Waals surface area contributed by atoms with Crippen LogP contribution in [0.3, 0.4) is 0 Å². The van der Waals surface area contributed by atoms with E-state index in [1.54, 1.807) is 18.2 Å². The smallest absolute Gasteiger partial charge is 0.416 e. The van der Waals surface area contributed by atoms with Crippen molar-refractivity contribution in [3.63, 3.8) is 0 Å². The van der Waals surface area contributed by atoms with Gasteiger partial charge < -0.3 is 14.6 Å². The van der Waals surface area contributed by atoms with E-state index in [9.17, 15) is 26.4 Å². The highest BCUT2D eigenvalue weighted by atomic mass is 32.2. The normalized spacial score (nSPS) is 16.7. The highest BCUT2D eigenvalue weighted by Crippen LogP contribution is 2.37. The van der Waals surface area contributed by atoms with Crippen LogP contribution in [0.5, 0.6) is 11.5 Å². The van der Waals surface area contributed by atoms with Crippen molar-refractivity contribution in [2.75, 3.05) is 13.7 Å². The van der Waals surface area contributed by atoms with E-state index in [2.05, 4.69) is 4.72 Å². The molecule has 2 aromatic carbocycles. The molecule has 0 amide bonds. The van der Waals surface area contributed by atoms with Gasteiger partial charge in [0.25, 0.3) is 0 Å². The molecule has 0 saturated heterocycles. The second-order valence-corrected chi connectivity index (χ2v) is 9.03. The zero-order chi connectivity index (χ0) is 23.5. The Bertz CT molecular complexity index is 1100. The van der Waals surface area contributed by atoms with Gasteiger partial charge in [0, 0.05) is 12.1 Å². The number of carbonyl (C=O) groups is 1. The van der Waals surface area contributed by atoms with E-state index < -0.39 is 45.3 Å². The minimum atomic E-state index is -4.75. The topological polar surface area (TPSA) is 102 Å². The molecule has 174 valence electrons. The summed E-state index contributed by atoms with van der Waals surface area (Å²) < 4.78 is 78.5. The number of ether oxygens (including phenoxy) is 2. The molecule has 3 rings (SSSR count). The van der Waals surface area contributed by atoms with Crippen LogP contribution in [0.4, 0.5) is 13.2 Å². The Labute approximate surface area is 183 Å². The lowest BCUT2D eigenvalue weighted by molar-refractivity contribution is -0.139. The van der Waals surface area contributed by atoms with Gasteiger partial charge in [0.05, 0.1) is 17.6 Å². The van der Waals surface area contributed by atoms with Crippen LogP contribution in [-0.2, 0) is 27.4 Å². The molecular formula is C21H22F3NO6S. The lowest BCUT2D eigenvalue weighted by Gasteiger charge is -2.21. The fourth-order valence-electron chi connectivity index (χ4n) is 3.64. The summed E-state index contributed by atoms with van der Waals surface area (Å²) in [4.78, 5) is 10.3. The molecule has 7 nitrogen and oxygen atoms in total. The summed E-state index contributed by atoms with van der Waals surface area (Å²) >= 11 is 0. The minimum Gasteiger partial charge on any atom is -0.497 e. The van der Waals surface area contributed by atoms with E-state index >= 15 is 0 Å². The van der Waals surface area contributed by atoms with Crippen molar-refractivity contribution < 1.29 is 41.0 Å². The van der Waals surface area contributed by atoms with E-state index in [0.29, 0.717) is 42.2 Å². The van der Waals surface area contributed by atoms with E-state index in [1.165, 1.54) is 0 Å². The summed E-state index contributed by atoms with van der Waals surface area (Å²) in [5.41, 5.74) is 0.149.